The summed E-state index contributed by atoms with van der Waals surface area (Å²) in [6, 6.07) is 9.83. The average molecular weight is 346 g/mol. The lowest BCUT2D eigenvalue weighted by molar-refractivity contribution is 0.165. The highest BCUT2D eigenvalue weighted by atomic mass is 32.1. The molecule has 0 saturated heterocycles. The number of oxime groups is 1. The highest BCUT2D eigenvalue weighted by Gasteiger charge is 2.22. The Morgan fingerprint density at radius 2 is 2.25 bits per heavy atom. The van der Waals surface area contributed by atoms with Crippen molar-refractivity contribution in [3.05, 3.63) is 52.5 Å². The molecule has 1 aromatic heterocycles. The number of nitrogens with one attached hydrogen (secondary N) is 1. The Balaban J connectivity index is 1.59. The first-order valence-electron chi connectivity index (χ1n) is 8.03. The van der Waals surface area contributed by atoms with Crippen molar-refractivity contribution in [1.82, 2.24) is 0 Å². The van der Waals surface area contributed by atoms with Crippen LogP contribution in [-0.2, 0) is 11.3 Å². The van der Waals surface area contributed by atoms with Gasteiger partial charge in [0.2, 0.25) is 0 Å². The summed E-state index contributed by atoms with van der Waals surface area (Å²) in [6.07, 6.45) is 4.38. The lowest BCUT2D eigenvalue weighted by Crippen LogP contribution is -2.22. The van der Waals surface area contributed by atoms with Crippen molar-refractivity contribution in [2.75, 3.05) is 5.32 Å². The number of nitrogens with zero attached hydrogens (tertiary/aromatic N) is 1. The van der Waals surface area contributed by atoms with Crippen LogP contribution in [0.2, 0.25) is 0 Å². The molecule has 1 N–H and O–H groups in total. The van der Waals surface area contributed by atoms with Gasteiger partial charge in [-0.2, -0.15) is 0 Å². The van der Waals surface area contributed by atoms with Crippen molar-refractivity contribution in [2.24, 2.45) is 11.1 Å². The molecule has 2 aromatic rings. The number of amides is 1. The number of rotatable bonds is 4. The number of carbonyl (C=O) groups excluding carboxylic acids is 1. The Morgan fingerprint density at radius 3 is 3.04 bits per heavy atom. The van der Waals surface area contributed by atoms with Crippen LogP contribution < -0.4 is 5.32 Å². The Hall–Kier alpha value is -2.21. The fraction of sp³-hybridized carbons (Fsp3) is 0.333. The number of thiophene rings is 1. The van der Waals surface area contributed by atoms with Crippen molar-refractivity contribution in [2.45, 2.75) is 32.1 Å². The van der Waals surface area contributed by atoms with Crippen molar-refractivity contribution in [3.63, 3.8) is 0 Å². The van der Waals surface area contributed by atoms with Crippen LogP contribution in [0.25, 0.3) is 0 Å². The quantitative estimate of drug-likeness (QED) is 0.609. The average Bonchev–Trinajstić information content (AvgIpc) is 3.07. The molecule has 0 bridgehead atoms. The Labute approximate surface area is 144 Å². The standard InChI is InChI=1S/C18H19FN2O2S/c19-14-6-3-7-15(12-14)20-18(22)23-21-17-9-2-1-5-13(17)11-16-8-4-10-24-16/h3-4,6-8,10,12-13H,1-2,5,9,11H2,(H,20,22)/b21-17+. The lowest BCUT2D eigenvalue weighted by atomic mass is 9.85. The van der Waals surface area contributed by atoms with Crippen LogP contribution in [0.3, 0.4) is 0 Å². The summed E-state index contributed by atoms with van der Waals surface area (Å²) in [5.41, 5.74) is 1.28. The van der Waals surface area contributed by atoms with Crippen LogP contribution in [0, 0.1) is 11.7 Å². The van der Waals surface area contributed by atoms with Gasteiger partial charge in [0.15, 0.2) is 0 Å². The summed E-state index contributed by atoms with van der Waals surface area (Å²) < 4.78 is 13.1. The van der Waals surface area contributed by atoms with E-state index in [9.17, 15) is 9.18 Å². The van der Waals surface area contributed by atoms with E-state index in [0.29, 0.717) is 11.6 Å². The van der Waals surface area contributed by atoms with Crippen molar-refractivity contribution >= 4 is 28.8 Å². The van der Waals surface area contributed by atoms with Crippen LogP contribution in [0.4, 0.5) is 14.9 Å². The van der Waals surface area contributed by atoms with Crippen LogP contribution in [0.15, 0.2) is 46.9 Å². The predicted octanol–water partition coefficient (Wildman–Crippen LogP) is 5.22. The fourth-order valence-corrected chi connectivity index (χ4v) is 3.67. The zero-order chi connectivity index (χ0) is 16.8. The maximum atomic E-state index is 13.1. The van der Waals surface area contributed by atoms with Gasteiger partial charge in [-0.25, -0.2) is 9.18 Å². The number of hydrogen-bond acceptors (Lipinski definition) is 4. The molecule has 1 amide bonds. The van der Waals surface area contributed by atoms with E-state index >= 15 is 0 Å². The molecule has 1 unspecified atom stereocenters. The number of halogens is 1. The third kappa shape index (κ3) is 4.64. The zero-order valence-corrected chi connectivity index (χ0v) is 14.0. The maximum Gasteiger partial charge on any atom is 0.437 e. The first-order chi connectivity index (χ1) is 11.7. The summed E-state index contributed by atoms with van der Waals surface area (Å²) in [4.78, 5) is 18.1. The minimum atomic E-state index is -0.700. The van der Waals surface area contributed by atoms with E-state index in [1.165, 1.54) is 29.5 Å². The molecule has 0 spiro atoms. The van der Waals surface area contributed by atoms with Gasteiger partial charge in [0.05, 0.1) is 5.71 Å². The van der Waals surface area contributed by atoms with Gasteiger partial charge in [0, 0.05) is 16.5 Å². The number of benzene rings is 1. The molecule has 3 rings (SSSR count). The summed E-state index contributed by atoms with van der Waals surface area (Å²) in [7, 11) is 0. The Kier molecular flexibility index (Phi) is 5.59. The van der Waals surface area contributed by atoms with Gasteiger partial charge in [0.25, 0.3) is 0 Å². The maximum absolute atomic E-state index is 13.1. The third-order valence-electron chi connectivity index (χ3n) is 4.05. The molecule has 1 aliphatic rings. The second-order valence-corrected chi connectivity index (χ2v) is 6.86. The van der Waals surface area contributed by atoms with E-state index < -0.39 is 11.9 Å². The van der Waals surface area contributed by atoms with E-state index in [1.54, 1.807) is 17.4 Å². The molecule has 1 aromatic carbocycles. The largest absolute Gasteiger partial charge is 0.437 e. The summed E-state index contributed by atoms with van der Waals surface area (Å²) in [6.45, 7) is 0. The predicted molar refractivity (Wildman–Crippen MR) is 93.9 cm³/mol. The molecule has 1 saturated carbocycles. The highest BCUT2D eigenvalue weighted by molar-refractivity contribution is 7.09. The van der Waals surface area contributed by atoms with Crippen molar-refractivity contribution in [3.8, 4) is 0 Å². The molecule has 1 atom stereocenters. The van der Waals surface area contributed by atoms with Gasteiger partial charge in [-0.15, -0.1) is 11.3 Å². The van der Waals surface area contributed by atoms with E-state index in [0.717, 1.165) is 31.4 Å². The monoisotopic (exact) mass is 346 g/mol. The van der Waals surface area contributed by atoms with E-state index in [2.05, 4.69) is 21.9 Å². The molecule has 1 aliphatic carbocycles. The van der Waals surface area contributed by atoms with Gasteiger partial charge in [-0.1, -0.05) is 23.7 Å². The molecule has 1 heterocycles. The van der Waals surface area contributed by atoms with Gasteiger partial charge < -0.3 is 0 Å². The molecule has 1 fully saturated rings. The van der Waals surface area contributed by atoms with Gasteiger partial charge in [-0.05, 0) is 55.3 Å². The minimum Gasteiger partial charge on any atom is -0.298 e. The van der Waals surface area contributed by atoms with Crippen molar-refractivity contribution in [1.29, 1.82) is 0 Å². The molecule has 126 valence electrons. The van der Waals surface area contributed by atoms with Crippen LogP contribution in [0.1, 0.15) is 30.6 Å². The van der Waals surface area contributed by atoms with Gasteiger partial charge in [-0.3, -0.25) is 10.2 Å². The third-order valence-corrected chi connectivity index (χ3v) is 4.95. The van der Waals surface area contributed by atoms with Crippen LogP contribution in [-0.4, -0.2) is 11.8 Å². The van der Waals surface area contributed by atoms with Crippen LogP contribution >= 0.6 is 11.3 Å². The smallest absolute Gasteiger partial charge is 0.298 e. The molecule has 4 nitrogen and oxygen atoms in total. The molecule has 6 heteroatoms. The topological polar surface area (TPSA) is 50.7 Å². The van der Waals surface area contributed by atoms with E-state index in [1.807, 2.05) is 6.07 Å². The molecule has 0 aliphatic heterocycles. The minimum absolute atomic E-state index is 0.319. The highest BCUT2D eigenvalue weighted by Crippen LogP contribution is 2.27. The summed E-state index contributed by atoms with van der Waals surface area (Å²) in [5.74, 6) is -0.0956. The molecule has 24 heavy (non-hydrogen) atoms. The second kappa shape index (κ2) is 8.06. The number of hydrogen-bond donors (Lipinski definition) is 1. The number of anilines is 1. The SMILES string of the molecule is O=C(Nc1cccc(F)c1)O/N=C1\CCCCC1Cc1cccs1. The Morgan fingerprint density at radius 1 is 1.33 bits per heavy atom. The fourth-order valence-electron chi connectivity index (χ4n) is 2.89. The van der Waals surface area contributed by atoms with E-state index in [4.69, 9.17) is 4.84 Å². The first kappa shape index (κ1) is 16.6. The first-order valence-corrected chi connectivity index (χ1v) is 8.91. The van der Waals surface area contributed by atoms with Crippen LogP contribution in [0.5, 0.6) is 0 Å². The lowest BCUT2D eigenvalue weighted by Gasteiger charge is -2.22. The molecule has 0 radical (unpaired) electrons. The molecular formula is C18H19FN2O2S. The van der Waals surface area contributed by atoms with Gasteiger partial charge in [0.1, 0.15) is 5.82 Å². The number of carbonyl (C=O) groups is 1. The summed E-state index contributed by atoms with van der Waals surface area (Å²) >= 11 is 1.74. The van der Waals surface area contributed by atoms with E-state index in [-0.39, 0.29) is 0 Å². The molecular weight excluding hydrogens is 327 g/mol. The van der Waals surface area contributed by atoms with Crippen molar-refractivity contribution < 1.29 is 14.0 Å². The normalized spacial score (nSPS) is 19.2. The zero-order valence-electron chi connectivity index (χ0n) is 13.2. The Bertz CT molecular complexity index is 716. The van der Waals surface area contributed by atoms with Gasteiger partial charge >= 0.3 is 6.09 Å². The second-order valence-electron chi connectivity index (χ2n) is 5.82. The summed E-state index contributed by atoms with van der Waals surface area (Å²) in [5, 5.41) is 8.62.